The lowest BCUT2D eigenvalue weighted by Crippen LogP contribution is -2.35. The Kier molecular flexibility index (Phi) is 8.24. The van der Waals surface area contributed by atoms with E-state index in [9.17, 15) is 9.59 Å². The fourth-order valence-corrected chi connectivity index (χ4v) is 2.14. The lowest BCUT2D eigenvalue weighted by molar-refractivity contribution is -0.144. The predicted molar refractivity (Wildman–Crippen MR) is 81.3 cm³/mol. The van der Waals surface area contributed by atoms with Crippen molar-refractivity contribution in [3.63, 3.8) is 0 Å². The number of nitrogens with zero attached hydrogens (tertiary/aromatic N) is 2. The minimum Gasteiger partial charge on any atom is -0.477 e. The number of aromatic carboxylic acids is 1. The van der Waals surface area contributed by atoms with Crippen LogP contribution in [0.1, 0.15) is 28.5 Å². The molecule has 2 rings (SSSR count). The molecule has 0 aliphatic carbocycles. The second kappa shape index (κ2) is 8.81. The van der Waals surface area contributed by atoms with Gasteiger partial charge in [0.15, 0.2) is 0 Å². The van der Waals surface area contributed by atoms with Crippen LogP contribution in [-0.4, -0.2) is 46.6 Å². The molecule has 1 aliphatic rings. The van der Waals surface area contributed by atoms with Gasteiger partial charge in [-0.3, -0.25) is 9.69 Å². The zero-order valence-corrected chi connectivity index (χ0v) is 13.2. The SMILES string of the molecule is CCOC(=O)CN1CCc2cc(C(=O)O)ncc2C1.Cl.Cl. The molecule has 0 unspecified atom stereocenters. The average molecular weight is 337 g/mol. The van der Waals surface area contributed by atoms with Crippen LogP contribution in [0.2, 0.25) is 0 Å². The van der Waals surface area contributed by atoms with E-state index in [1.54, 1.807) is 19.2 Å². The molecule has 0 aromatic carbocycles. The van der Waals surface area contributed by atoms with Crippen LogP contribution in [0.5, 0.6) is 0 Å². The molecular formula is C13H18Cl2N2O4. The Morgan fingerprint density at radius 3 is 2.71 bits per heavy atom. The first-order chi connectivity index (χ1) is 9.10. The van der Waals surface area contributed by atoms with Gasteiger partial charge in [0.05, 0.1) is 13.2 Å². The molecule has 0 radical (unpaired) electrons. The minimum atomic E-state index is -1.02. The summed E-state index contributed by atoms with van der Waals surface area (Å²) >= 11 is 0. The Balaban J connectivity index is 0.00000200. The minimum absolute atomic E-state index is 0. The molecule has 118 valence electrons. The molecule has 0 bridgehead atoms. The Bertz CT molecular complexity index is 511. The predicted octanol–water partition coefficient (Wildman–Crippen LogP) is 1.54. The van der Waals surface area contributed by atoms with Crippen molar-refractivity contribution >= 4 is 36.8 Å². The Morgan fingerprint density at radius 2 is 2.10 bits per heavy atom. The second-order valence-corrected chi connectivity index (χ2v) is 4.41. The van der Waals surface area contributed by atoms with Gasteiger partial charge in [-0.2, -0.15) is 0 Å². The summed E-state index contributed by atoms with van der Waals surface area (Å²) < 4.78 is 4.91. The zero-order chi connectivity index (χ0) is 13.8. The molecule has 1 aliphatic heterocycles. The molecule has 6 nitrogen and oxygen atoms in total. The Hall–Kier alpha value is -1.37. The maximum Gasteiger partial charge on any atom is 0.354 e. The zero-order valence-electron chi connectivity index (χ0n) is 11.6. The van der Waals surface area contributed by atoms with E-state index in [0.717, 1.165) is 24.1 Å². The van der Waals surface area contributed by atoms with E-state index in [0.29, 0.717) is 13.2 Å². The maximum absolute atomic E-state index is 11.4. The summed E-state index contributed by atoms with van der Waals surface area (Å²) in [6, 6.07) is 1.61. The average Bonchev–Trinajstić information content (AvgIpc) is 2.38. The summed E-state index contributed by atoms with van der Waals surface area (Å²) in [5.41, 5.74) is 2.03. The van der Waals surface area contributed by atoms with Crippen LogP contribution < -0.4 is 0 Å². The van der Waals surface area contributed by atoms with Crippen LogP contribution in [0.4, 0.5) is 0 Å². The molecule has 0 atom stereocenters. The number of carboxylic acids is 1. The van der Waals surface area contributed by atoms with Gasteiger partial charge in [-0.05, 0) is 30.5 Å². The van der Waals surface area contributed by atoms with Crippen molar-refractivity contribution in [2.45, 2.75) is 19.9 Å². The highest BCUT2D eigenvalue weighted by molar-refractivity contribution is 5.86. The monoisotopic (exact) mass is 336 g/mol. The third kappa shape index (κ3) is 5.15. The lowest BCUT2D eigenvalue weighted by Gasteiger charge is -2.27. The van der Waals surface area contributed by atoms with Crippen LogP contribution >= 0.6 is 24.8 Å². The topological polar surface area (TPSA) is 79.7 Å². The summed E-state index contributed by atoms with van der Waals surface area (Å²) in [7, 11) is 0. The van der Waals surface area contributed by atoms with E-state index in [2.05, 4.69) is 4.98 Å². The van der Waals surface area contributed by atoms with Crippen molar-refractivity contribution in [1.82, 2.24) is 9.88 Å². The molecular weight excluding hydrogens is 319 g/mol. The number of rotatable bonds is 4. The summed E-state index contributed by atoms with van der Waals surface area (Å²) in [4.78, 5) is 28.1. The van der Waals surface area contributed by atoms with Crippen LogP contribution in [0, 0.1) is 0 Å². The third-order valence-corrected chi connectivity index (χ3v) is 3.05. The molecule has 0 saturated carbocycles. The summed E-state index contributed by atoms with van der Waals surface area (Å²) in [5.74, 6) is -1.25. The van der Waals surface area contributed by atoms with E-state index < -0.39 is 5.97 Å². The van der Waals surface area contributed by atoms with Crippen LogP contribution in [-0.2, 0) is 22.5 Å². The van der Waals surface area contributed by atoms with Crippen molar-refractivity contribution in [2.75, 3.05) is 19.7 Å². The second-order valence-electron chi connectivity index (χ2n) is 4.41. The Labute approximate surface area is 135 Å². The largest absolute Gasteiger partial charge is 0.477 e. The normalized spacial score (nSPS) is 13.4. The molecule has 1 aromatic rings. The van der Waals surface area contributed by atoms with Crippen LogP contribution in [0.15, 0.2) is 12.3 Å². The molecule has 0 fully saturated rings. The van der Waals surface area contributed by atoms with E-state index in [-0.39, 0.29) is 43.0 Å². The van der Waals surface area contributed by atoms with Gasteiger partial charge in [0.1, 0.15) is 5.69 Å². The number of carbonyl (C=O) groups excluding carboxylic acids is 1. The molecule has 0 spiro atoms. The number of hydrogen-bond acceptors (Lipinski definition) is 5. The van der Waals surface area contributed by atoms with Crippen LogP contribution in [0.25, 0.3) is 0 Å². The van der Waals surface area contributed by atoms with Crippen LogP contribution in [0.3, 0.4) is 0 Å². The van der Waals surface area contributed by atoms with Gasteiger partial charge in [0.2, 0.25) is 0 Å². The number of halogens is 2. The van der Waals surface area contributed by atoms with E-state index in [4.69, 9.17) is 9.84 Å². The lowest BCUT2D eigenvalue weighted by atomic mass is 10.0. The number of hydrogen-bond donors (Lipinski definition) is 1. The molecule has 0 amide bonds. The first-order valence-corrected chi connectivity index (χ1v) is 6.19. The number of aromatic nitrogens is 1. The fourth-order valence-electron chi connectivity index (χ4n) is 2.14. The quantitative estimate of drug-likeness (QED) is 0.840. The first-order valence-electron chi connectivity index (χ1n) is 6.19. The molecule has 8 heteroatoms. The standard InChI is InChI=1S/C13H16N2O4.2ClH/c1-2-19-12(16)8-15-4-3-9-5-11(13(17)18)14-6-10(9)7-15;;/h5-6H,2-4,7-8H2,1H3,(H,17,18);2*1H. The highest BCUT2D eigenvalue weighted by atomic mass is 35.5. The number of pyridine rings is 1. The molecule has 1 aromatic heterocycles. The summed E-state index contributed by atoms with van der Waals surface area (Å²) in [5, 5.41) is 8.88. The van der Waals surface area contributed by atoms with Crippen molar-refractivity contribution < 1.29 is 19.4 Å². The van der Waals surface area contributed by atoms with Crippen molar-refractivity contribution in [2.24, 2.45) is 0 Å². The fraction of sp³-hybridized carbons (Fsp3) is 0.462. The van der Waals surface area contributed by atoms with Crippen molar-refractivity contribution in [1.29, 1.82) is 0 Å². The van der Waals surface area contributed by atoms with Gasteiger partial charge >= 0.3 is 11.9 Å². The highest BCUT2D eigenvalue weighted by Crippen LogP contribution is 2.18. The number of fused-ring (bicyclic) bond motifs is 1. The smallest absolute Gasteiger partial charge is 0.354 e. The summed E-state index contributed by atoms with van der Waals surface area (Å²) in [6.07, 6.45) is 2.30. The maximum atomic E-state index is 11.4. The van der Waals surface area contributed by atoms with Gasteiger partial charge in [-0.25, -0.2) is 9.78 Å². The van der Waals surface area contributed by atoms with Gasteiger partial charge in [-0.15, -0.1) is 24.8 Å². The van der Waals surface area contributed by atoms with E-state index in [1.165, 1.54) is 0 Å². The number of carboxylic acid groups (broad SMARTS) is 1. The molecule has 1 N–H and O–H groups in total. The third-order valence-electron chi connectivity index (χ3n) is 3.05. The number of ether oxygens (including phenoxy) is 1. The first kappa shape index (κ1) is 19.6. The highest BCUT2D eigenvalue weighted by Gasteiger charge is 2.20. The number of carbonyl (C=O) groups is 2. The van der Waals surface area contributed by atoms with Gasteiger partial charge in [-0.1, -0.05) is 0 Å². The molecule has 0 saturated heterocycles. The van der Waals surface area contributed by atoms with Gasteiger partial charge in [0.25, 0.3) is 0 Å². The van der Waals surface area contributed by atoms with Crippen molar-refractivity contribution in [3.8, 4) is 0 Å². The summed E-state index contributed by atoms with van der Waals surface area (Å²) in [6.45, 7) is 3.73. The number of esters is 1. The van der Waals surface area contributed by atoms with Gasteiger partial charge in [0, 0.05) is 19.3 Å². The van der Waals surface area contributed by atoms with E-state index >= 15 is 0 Å². The van der Waals surface area contributed by atoms with Gasteiger partial charge < -0.3 is 9.84 Å². The molecule has 21 heavy (non-hydrogen) atoms. The van der Waals surface area contributed by atoms with Crippen molar-refractivity contribution in [3.05, 3.63) is 29.1 Å². The van der Waals surface area contributed by atoms with E-state index in [1.807, 2.05) is 4.90 Å². The molecule has 2 heterocycles. The Morgan fingerprint density at radius 1 is 1.38 bits per heavy atom.